The molecule has 128 valence electrons. The summed E-state index contributed by atoms with van der Waals surface area (Å²) in [5, 5.41) is 12.3. The molecule has 3 unspecified atom stereocenters. The summed E-state index contributed by atoms with van der Waals surface area (Å²) in [5.41, 5.74) is 0. The van der Waals surface area contributed by atoms with Gasteiger partial charge in [-0.25, -0.2) is 0 Å². The Labute approximate surface area is 133 Å². The molecule has 3 atom stereocenters. The number of carboxylic acid groups (broad SMARTS) is 1. The van der Waals surface area contributed by atoms with Crippen molar-refractivity contribution in [1.82, 2.24) is 5.32 Å². The predicted octanol–water partition coefficient (Wildman–Crippen LogP) is 2.98. The largest absolute Gasteiger partial charge is 0.481 e. The third-order valence-electron chi connectivity index (χ3n) is 4.34. The average molecular weight is 313 g/mol. The quantitative estimate of drug-likeness (QED) is 0.757. The molecule has 0 aromatic carbocycles. The van der Waals surface area contributed by atoms with Crippen LogP contribution in [0.5, 0.6) is 0 Å². The van der Waals surface area contributed by atoms with E-state index in [0.29, 0.717) is 18.9 Å². The van der Waals surface area contributed by atoms with E-state index in [1.807, 2.05) is 0 Å². The Kier molecular flexibility index (Phi) is 8.46. The van der Waals surface area contributed by atoms with E-state index >= 15 is 0 Å². The van der Waals surface area contributed by atoms with Gasteiger partial charge in [0.15, 0.2) is 0 Å². The Balaban J connectivity index is 2.51. The van der Waals surface area contributed by atoms with Gasteiger partial charge in [-0.2, -0.15) is 0 Å². The highest BCUT2D eigenvalue weighted by molar-refractivity contribution is 5.81. The fraction of sp³-hybridized carbons (Fsp3) is 0.882. The summed E-state index contributed by atoms with van der Waals surface area (Å²) in [5.74, 6) is -0.939. The SMILES string of the molecule is CC(C)CCOC(C)C(=O)NC1CCCCCCC1C(=O)O. The van der Waals surface area contributed by atoms with Crippen molar-refractivity contribution < 1.29 is 19.4 Å². The van der Waals surface area contributed by atoms with Crippen LogP contribution in [0.15, 0.2) is 0 Å². The first-order chi connectivity index (χ1) is 10.4. The third kappa shape index (κ3) is 6.77. The zero-order chi connectivity index (χ0) is 16.5. The second kappa shape index (κ2) is 9.82. The lowest BCUT2D eigenvalue weighted by Gasteiger charge is -2.28. The van der Waals surface area contributed by atoms with E-state index in [9.17, 15) is 14.7 Å². The van der Waals surface area contributed by atoms with E-state index in [1.165, 1.54) is 0 Å². The van der Waals surface area contributed by atoms with E-state index in [1.54, 1.807) is 6.92 Å². The standard InChI is InChI=1S/C17H31NO4/c1-12(2)10-11-22-13(3)16(19)18-15-9-7-5-4-6-8-14(15)17(20)21/h12-15H,4-11H2,1-3H3,(H,18,19)(H,20,21). The fourth-order valence-electron chi connectivity index (χ4n) is 2.81. The van der Waals surface area contributed by atoms with Gasteiger partial charge in [-0.05, 0) is 32.1 Å². The molecule has 1 aliphatic carbocycles. The Morgan fingerprint density at radius 3 is 2.36 bits per heavy atom. The van der Waals surface area contributed by atoms with Crippen molar-refractivity contribution in [3.8, 4) is 0 Å². The Bertz CT molecular complexity index is 357. The normalized spacial score (nSPS) is 24.4. The first kappa shape index (κ1) is 18.9. The molecule has 0 saturated heterocycles. The minimum atomic E-state index is -0.805. The summed E-state index contributed by atoms with van der Waals surface area (Å²) in [6.45, 7) is 6.51. The molecule has 5 heteroatoms. The molecule has 0 bridgehead atoms. The maximum atomic E-state index is 12.2. The molecular formula is C17H31NO4. The number of nitrogens with one attached hydrogen (secondary N) is 1. The number of ether oxygens (including phenoxy) is 1. The molecule has 1 amide bonds. The van der Waals surface area contributed by atoms with E-state index in [0.717, 1.165) is 38.5 Å². The first-order valence-electron chi connectivity index (χ1n) is 8.56. The van der Waals surface area contributed by atoms with Crippen molar-refractivity contribution in [3.63, 3.8) is 0 Å². The summed E-state index contributed by atoms with van der Waals surface area (Å²) in [6.07, 6.45) is 5.85. The van der Waals surface area contributed by atoms with E-state index in [2.05, 4.69) is 19.2 Å². The van der Waals surface area contributed by atoms with Gasteiger partial charge in [0.25, 0.3) is 0 Å². The molecule has 5 nitrogen and oxygen atoms in total. The maximum absolute atomic E-state index is 12.2. The molecule has 0 heterocycles. The first-order valence-corrected chi connectivity index (χ1v) is 8.56. The van der Waals surface area contributed by atoms with E-state index < -0.39 is 18.0 Å². The summed E-state index contributed by atoms with van der Waals surface area (Å²) in [4.78, 5) is 23.7. The molecule has 1 fully saturated rings. The van der Waals surface area contributed by atoms with Crippen LogP contribution in [0.3, 0.4) is 0 Å². The van der Waals surface area contributed by atoms with Gasteiger partial charge in [-0.3, -0.25) is 9.59 Å². The van der Waals surface area contributed by atoms with Crippen molar-refractivity contribution in [2.24, 2.45) is 11.8 Å². The number of carbonyl (C=O) groups excluding carboxylic acids is 1. The van der Waals surface area contributed by atoms with Gasteiger partial charge in [0, 0.05) is 12.6 Å². The lowest BCUT2D eigenvalue weighted by Crippen LogP contribution is -2.47. The Morgan fingerprint density at radius 2 is 1.77 bits per heavy atom. The number of carbonyl (C=O) groups is 2. The number of hydrogen-bond donors (Lipinski definition) is 2. The molecule has 0 aromatic heterocycles. The minimum absolute atomic E-state index is 0.194. The number of carboxylic acids is 1. The van der Waals surface area contributed by atoms with Crippen molar-refractivity contribution in [2.45, 2.75) is 77.9 Å². The minimum Gasteiger partial charge on any atom is -0.481 e. The molecule has 0 aliphatic heterocycles. The molecule has 1 saturated carbocycles. The lowest BCUT2D eigenvalue weighted by molar-refractivity contribution is -0.144. The number of hydrogen-bond acceptors (Lipinski definition) is 3. The van der Waals surface area contributed by atoms with E-state index in [4.69, 9.17) is 4.74 Å². The van der Waals surface area contributed by atoms with Crippen LogP contribution in [-0.2, 0) is 14.3 Å². The van der Waals surface area contributed by atoms with Gasteiger partial charge in [0.05, 0.1) is 5.92 Å². The topological polar surface area (TPSA) is 75.6 Å². The number of amides is 1. The van der Waals surface area contributed by atoms with Gasteiger partial charge >= 0.3 is 5.97 Å². The zero-order valence-electron chi connectivity index (χ0n) is 14.1. The van der Waals surface area contributed by atoms with Gasteiger partial charge in [-0.1, -0.05) is 39.5 Å². The van der Waals surface area contributed by atoms with Crippen LogP contribution >= 0.6 is 0 Å². The summed E-state index contributed by atoms with van der Waals surface area (Å²) < 4.78 is 5.55. The Morgan fingerprint density at radius 1 is 1.14 bits per heavy atom. The molecule has 0 aromatic rings. The highest BCUT2D eigenvalue weighted by Crippen LogP contribution is 2.23. The maximum Gasteiger partial charge on any atom is 0.308 e. The number of aliphatic carboxylic acids is 1. The lowest BCUT2D eigenvalue weighted by atomic mass is 9.86. The smallest absolute Gasteiger partial charge is 0.308 e. The highest BCUT2D eigenvalue weighted by atomic mass is 16.5. The van der Waals surface area contributed by atoms with Gasteiger partial charge < -0.3 is 15.2 Å². The van der Waals surface area contributed by atoms with Crippen molar-refractivity contribution in [2.75, 3.05) is 6.61 Å². The molecular weight excluding hydrogens is 282 g/mol. The van der Waals surface area contributed by atoms with Crippen molar-refractivity contribution in [3.05, 3.63) is 0 Å². The van der Waals surface area contributed by atoms with Crippen LogP contribution in [0.25, 0.3) is 0 Å². The monoisotopic (exact) mass is 313 g/mol. The van der Waals surface area contributed by atoms with Crippen LogP contribution in [0.1, 0.15) is 65.7 Å². The average Bonchev–Trinajstić information content (AvgIpc) is 2.40. The second-order valence-electron chi connectivity index (χ2n) is 6.75. The Hall–Kier alpha value is -1.10. The zero-order valence-corrected chi connectivity index (χ0v) is 14.1. The molecule has 22 heavy (non-hydrogen) atoms. The summed E-state index contributed by atoms with van der Waals surface area (Å²) >= 11 is 0. The van der Waals surface area contributed by atoms with Gasteiger partial charge in [-0.15, -0.1) is 0 Å². The van der Waals surface area contributed by atoms with Crippen LogP contribution in [-0.4, -0.2) is 35.7 Å². The highest BCUT2D eigenvalue weighted by Gasteiger charge is 2.30. The fourth-order valence-corrected chi connectivity index (χ4v) is 2.81. The predicted molar refractivity (Wildman–Crippen MR) is 85.6 cm³/mol. The summed E-state index contributed by atoms with van der Waals surface area (Å²) in [7, 11) is 0. The molecule has 2 N–H and O–H groups in total. The van der Waals surface area contributed by atoms with Crippen LogP contribution in [0, 0.1) is 11.8 Å². The van der Waals surface area contributed by atoms with Crippen molar-refractivity contribution in [1.29, 1.82) is 0 Å². The molecule has 1 aliphatic rings. The second-order valence-corrected chi connectivity index (χ2v) is 6.75. The molecule has 0 radical (unpaired) electrons. The van der Waals surface area contributed by atoms with Crippen LogP contribution in [0.2, 0.25) is 0 Å². The van der Waals surface area contributed by atoms with Crippen LogP contribution < -0.4 is 5.32 Å². The van der Waals surface area contributed by atoms with E-state index in [-0.39, 0.29) is 11.9 Å². The van der Waals surface area contributed by atoms with Gasteiger partial charge in [0.1, 0.15) is 6.10 Å². The molecule has 0 spiro atoms. The number of rotatable bonds is 7. The van der Waals surface area contributed by atoms with Crippen LogP contribution in [0.4, 0.5) is 0 Å². The summed E-state index contributed by atoms with van der Waals surface area (Å²) in [6, 6.07) is -0.276. The van der Waals surface area contributed by atoms with Gasteiger partial charge in [0.2, 0.25) is 5.91 Å². The third-order valence-corrected chi connectivity index (χ3v) is 4.34. The van der Waals surface area contributed by atoms with Crippen molar-refractivity contribution >= 4 is 11.9 Å². The molecule has 1 rings (SSSR count).